The van der Waals surface area contributed by atoms with E-state index in [0.717, 1.165) is 32.0 Å². The highest BCUT2D eigenvalue weighted by Gasteiger charge is 2.34. The van der Waals surface area contributed by atoms with E-state index in [1.165, 1.54) is 7.11 Å². The van der Waals surface area contributed by atoms with E-state index >= 15 is 0 Å². The van der Waals surface area contributed by atoms with Crippen LogP contribution in [0.2, 0.25) is 0 Å². The maximum atomic E-state index is 13.1. The van der Waals surface area contributed by atoms with Gasteiger partial charge in [0.25, 0.3) is 0 Å². The van der Waals surface area contributed by atoms with Crippen LogP contribution < -0.4 is 14.8 Å². The molecule has 0 atom stereocenters. The molecule has 1 aromatic carbocycles. The second-order valence-corrected chi connectivity index (χ2v) is 5.43. The monoisotopic (exact) mass is 326 g/mol. The molecule has 0 bridgehead atoms. The number of nitrogens with zero attached hydrogens (tertiary/aromatic N) is 1. The van der Waals surface area contributed by atoms with E-state index < -0.39 is 11.9 Å². The maximum absolute atomic E-state index is 13.1. The number of fused-ring (bicyclic) bond motifs is 1. The summed E-state index contributed by atoms with van der Waals surface area (Å²) in [5.41, 5.74) is -0.813. The molecule has 0 saturated carbocycles. The Kier molecular flexibility index (Phi) is 4.30. The third-order valence-corrected chi connectivity index (χ3v) is 3.85. The van der Waals surface area contributed by atoms with Crippen LogP contribution in [0.5, 0.6) is 11.5 Å². The number of benzene rings is 1. The number of halogens is 3. The van der Waals surface area contributed by atoms with Crippen molar-refractivity contribution in [3.05, 3.63) is 30.0 Å². The molecule has 1 aromatic heterocycles. The molecule has 0 aliphatic carbocycles. The van der Waals surface area contributed by atoms with Crippen LogP contribution in [-0.2, 0) is 6.18 Å². The van der Waals surface area contributed by atoms with Crippen LogP contribution >= 0.6 is 0 Å². The molecule has 7 heteroatoms. The van der Waals surface area contributed by atoms with Crippen LogP contribution in [0.4, 0.5) is 13.2 Å². The molecule has 1 N–H and O–H groups in total. The first-order valence-electron chi connectivity index (χ1n) is 7.41. The molecule has 0 amide bonds. The zero-order valence-corrected chi connectivity index (χ0v) is 12.6. The van der Waals surface area contributed by atoms with E-state index in [2.05, 4.69) is 10.3 Å². The molecule has 1 aliphatic heterocycles. The predicted molar refractivity (Wildman–Crippen MR) is 79.8 cm³/mol. The first kappa shape index (κ1) is 15.9. The minimum atomic E-state index is -4.54. The summed E-state index contributed by atoms with van der Waals surface area (Å²) in [5.74, 6) is 0.497. The Balaban J connectivity index is 2.09. The molecule has 2 aromatic rings. The third-order valence-electron chi connectivity index (χ3n) is 3.85. The van der Waals surface area contributed by atoms with Crippen molar-refractivity contribution < 1.29 is 22.6 Å². The van der Waals surface area contributed by atoms with Gasteiger partial charge >= 0.3 is 6.18 Å². The van der Waals surface area contributed by atoms with Crippen LogP contribution in [0, 0.1) is 0 Å². The molecule has 1 aliphatic rings. The lowest BCUT2D eigenvalue weighted by Gasteiger charge is -2.25. The summed E-state index contributed by atoms with van der Waals surface area (Å²) in [6.45, 7) is 1.59. The van der Waals surface area contributed by atoms with Gasteiger partial charge in [-0.2, -0.15) is 13.2 Å². The van der Waals surface area contributed by atoms with E-state index in [1.807, 2.05) is 0 Å². The number of piperidine rings is 1. The maximum Gasteiger partial charge on any atom is 0.433 e. The minimum absolute atomic E-state index is 0.103. The molecule has 0 unspecified atom stereocenters. The highest BCUT2D eigenvalue weighted by atomic mass is 19.4. The predicted octanol–water partition coefficient (Wildman–Crippen LogP) is 3.39. The average Bonchev–Trinajstić information content (AvgIpc) is 2.54. The minimum Gasteiger partial charge on any atom is -0.494 e. The normalized spacial score (nSPS) is 16.5. The fraction of sp³-hybridized carbons (Fsp3) is 0.438. The summed E-state index contributed by atoms with van der Waals surface area (Å²) < 4.78 is 50.4. The van der Waals surface area contributed by atoms with Gasteiger partial charge < -0.3 is 14.8 Å². The van der Waals surface area contributed by atoms with Crippen molar-refractivity contribution in [2.45, 2.75) is 25.1 Å². The largest absolute Gasteiger partial charge is 0.494 e. The van der Waals surface area contributed by atoms with Crippen molar-refractivity contribution in [2.75, 3.05) is 20.2 Å². The summed E-state index contributed by atoms with van der Waals surface area (Å²) in [7, 11) is 1.41. The van der Waals surface area contributed by atoms with Crippen molar-refractivity contribution >= 4 is 10.9 Å². The zero-order valence-electron chi connectivity index (χ0n) is 12.6. The molecule has 124 valence electrons. The Bertz CT molecular complexity index is 698. The van der Waals surface area contributed by atoms with E-state index in [9.17, 15) is 13.2 Å². The summed E-state index contributed by atoms with van der Waals surface area (Å²) in [5, 5.41) is 3.72. The average molecular weight is 326 g/mol. The SMILES string of the molecule is COc1cccc2c(OC3CCNCC3)cc(C(F)(F)F)nc12. The number of ether oxygens (including phenoxy) is 2. The fourth-order valence-electron chi connectivity index (χ4n) is 2.69. The number of pyridine rings is 1. The van der Waals surface area contributed by atoms with E-state index in [1.54, 1.807) is 18.2 Å². The van der Waals surface area contributed by atoms with Gasteiger partial charge in [-0.25, -0.2) is 4.98 Å². The number of hydrogen-bond acceptors (Lipinski definition) is 4. The van der Waals surface area contributed by atoms with Gasteiger partial charge in [0.2, 0.25) is 0 Å². The quantitative estimate of drug-likeness (QED) is 0.939. The van der Waals surface area contributed by atoms with Crippen LogP contribution in [0.15, 0.2) is 24.3 Å². The molecule has 3 rings (SSSR count). The fourth-order valence-corrected chi connectivity index (χ4v) is 2.69. The van der Waals surface area contributed by atoms with Crippen LogP contribution in [0.3, 0.4) is 0 Å². The summed E-state index contributed by atoms with van der Waals surface area (Å²) in [6.07, 6.45) is -3.12. The van der Waals surface area contributed by atoms with E-state index in [4.69, 9.17) is 9.47 Å². The second kappa shape index (κ2) is 6.23. The van der Waals surface area contributed by atoms with Gasteiger partial charge in [0.05, 0.1) is 7.11 Å². The van der Waals surface area contributed by atoms with Gasteiger partial charge in [-0.1, -0.05) is 6.07 Å². The molecule has 4 nitrogen and oxygen atoms in total. The lowest BCUT2D eigenvalue weighted by atomic mass is 10.1. The zero-order chi connectivity index (χ0) is 16.4. The molecule has 0 radical (unpaired) electrons. The summed E-state index contributed by atoms with van der Waals surface area (Å²) in [4.78, 5) is 3.73. The Hall–Kier alpha value is -2.02. The molecular weight excluding hydrogens is 309 g/mol. The third kappa shape index (κ3) is 3.34. The number of alkyl halides is 3. The lowest BCUT2D eigenvalue weighted by molar-refractivity contribution is -0.141. The Morgan fingerprint density at radius 3 is 2.57 bits per heavy atom. The van der Waals surface area contributed by atoms with Crippen LogP contribution in [0.25, 0.3) is 10.9 Å². The standard InChI is InChI=1S/C16H17F3N2O2/c1-22-12-4-2-3-11-13(23-10-5-7-20-8-6-10)9-14(16(17,18)19)21-15(11)12/h2-4,9-10,20H,5-8H2,1H3. The van der Waals surface area contributed by atoms with Gasteiger partial charge in [0.1, 0.15) is 28.8 Å². The summed E-state index contributed by atoms with van der Waals surface area (Å²) >= 11 is 0. The van der Waals surface area contributed by atoms with Crippen molar-refractivity contribution in [1.82, 2.24) is 10.3 Å². The number of nitrogens with one attached hydrogen (secondary N) is 1. The summed E-state index contributed by atoms with van der Waals surface area (Å²) in [6, 6.07) is 5.97. The molecule has 0 spiro atoms. The van der Waals surface area contributed by atoms with E-state index in [0.29, 0.717) is 11.1 Å². The lowest BCUT2D eigenvalue weighted by Crippen LogP contribution is -2.34. The Morgan fingerprint density at radius 1 is 1.17 bits per heavy atom. The number of para-hydroxylation sites is 1. The van der Waals surface area contributed by atoms with Gasteiger partial charge in [-0.3, -0.25) is 0 Å². The second-order valence-electron chi connectivity index (χ2n) is 5.43. The first-order chi connectivity index (χ1) is 11.0. The van der Waals surface area contributed by atoms with Gasteiger partial charge in [0.15, 0.2) is 0 Å². The Morgan fingerprint density at radius 2 is 1.91 bits per heavy atom. The van der Waals surface area contributed by atoms with Crippen molar-refractivity contribution in [2.24, 2.45) is 0 Å². The topological polar surface area (TPSA) is 43.4 Å². The van der Waals surface area contributed by atoms with Crippen molar-refractivity contribution in [3.63, 3.8) is 0 Å². The Labute approximate surface area is 131 Å². The molecule has 1 fully saturated rings. The molecular formula is C16H17F3N2O2. The number of aromatic nitrogens is 1. The smallest absolute Gasteiger partial charge is 0.433 e. The van der Waals surface area contributed by atoms with Crippen molar-refractivity contribution in [3.8, 4) is 11.5 Å². The highest BCUT2D eigenvalue weighted by molar-refractivity contribution is 5.90. The molecule has 1 saturated heterocycles. The number of rotatable bonds is 3. The van der Waals surface area contributed by atoms with Crippen molar-refractivity contribution in [1.29, 1.82) is 0 Å². The van der Waals surface area contributed by atoms with E-state index in [-0.39, 0.29) is 17.4 Å². The van der Waals surface area contributed by atoms with Gasteiger partial charge in [0, 0.05) is 11.5 Å². The number of methoxy groups -OCH3 is 1. The first-order valence-corrected chi connectivity index (χ1v) is 7.41. The van der Waals surface area contributed by atoms with Gasteiger partial charge in [-0.15, -0.1) is 0 Å². The molecule has 23 heavy (non-hydrogen) atoms. The van der Waals surface area contributed by atoms with Gasteiger partial charge in [-0.05, 0) is 38.1 Å². The highest BCUT2D eigenvalue weighted by Crippen LogP contribution is 2.37. The molecule has 2 heterocycles. The van der Waals surface area contributed by atoms with Crippen LogP contribution in [0.1, 0.15) is 18.5 Å². The number of hydrogen-bond donors (Lipinski definition) is 1. The van der Waals surface area contributed by atoms with Crippen LogP contribution in [-0.4, -0.2) is 31.3 Å².